The minimum absolute atomic E-state index is 0.348. The molecule has 3 nitrogen and oxygen atoms in total. The Bertz CT molecular complexity index is 234. The molecule has 1 aromatic rings. The Labute approximate surface area is 96.1 Å². The highest BCUT2D eigenvalue weighted by Crippen LogP contribution is 2.03. The first-order valence-electron chi connectivity index (χ1n) is 5.63. The van der Waals surface area contributed by atoms with Crippen LogP contribution >= 0.6 is 11.3 Å². The SMILES string of the molecule is CC(N)CCCCNCCc1nccs1. The molecule has 0 saturated heterocycles. The van der Waals surface area contributed by atoms with Crippen molar-refractivity contribution in [3.63, 3.8) is 0 Å². The second-order valence-electron chi connectivity index (χ2n) is 3.90. The molecule has 0 bridgehead atoms. The molecule has 1 atom stereocenters. The van der Waals surface area contributed by atoms with E-state index in [2.05, 4.69) is 17.2 Å². The molecule has 0 amide bonds. The number of unbranched alkanes of at least 4 members (excludes halogenated alkanes) is 1. The number of nitrogens with two attached hydrogens (primary N) is 1. The van der Waals surface area contributed by atoms with Gasteiger partial charge in [0.15, 0.2) is 0 Å². The summed E-state index contributed by atoms with van der Waals surface area (Å²) in [5.41, 5.74) is 5.67. The summed E-state index contributed by atoms with van der Waals surface area (Å²) in [5.74, 6) is 0. The molecule has 0 aliphatic carbocycles. The van der Waals surface area contributed by atoms with Gasteiger partial charge in [0.05, 0.1) is 5.01 Å². The molecule has 0 saturated carbocycles. The summed E-state index contributed by atoms with van der Waals surface area (Å²) in [4.78, 5) is 4.24. The molecule has 0 aromatic carbocycles. The van der Waals surface area contributed by atoms with Crippen LogP contribution in [0.3, 0.4) is 0 Å². The van der Waals surface area contributed by atoms with E-state index < -0.39 is 0 Å². The fourth-order valence-electron chi connectivity index (χ4n) is 1.41. The molecule has 0 fully saturated rings. The fraction of sp³-hybridized carbons (Fsp3) is 0.727. The van der Waals surface area contributed by atoms with Gasteiger partial charge in [0.1, 0.15) is 0 Å². The Kier molecular flexibility index (Phi) is 6.55. The summed E-state index contributed by atoms with van der Waals surface area (Å²) < 4.78 is 0. The molecule has 3 N–H and O–H groups in total. The molecular formula is C11H21N3S. The smallest absolute Gasteiger partial charge is 0.0937 e. The van der Waals surface area contributed by atoms with E-state index >= 15 is 0 Å². The van der Waals surface area contributed by atoms with E-state index in [0.29, 0.717) is 6.04 Å². The number of hydrogen-bond acceptors (Lipinski definition) is 4. The summed E-state index contributed by atoms with van der Waals surface area (Å²) in [6, 6.07) is 0.348. The van der Waals surface area contributed by atoms with Crippen LogP contribution in [0.2, 0.25) is 0 Å². The minimum atomic E-state index is 0.348. The standard InChI is InChI=1S/C11H21N3S/c1-10(12)4-2-3-6-13-7-5-11-14-8-9-15-11/h8-10,13H,2-7,12H2,1H3. The molecule has 0 aliphatic rings. The summed E-state index contributed by atoms with van der Waals surface area (Å²) in [6.45, 7) is 4.19. The summed E-state index contributed by atoms with van der Waals surface area (Å²) in [7, 11) is 0. The average Bonchev–Trinajstić information content (AvgIpc) is 2.68. The fourth-order valence-corrected chi connectivity index (χ4v) is 2.03. The van der Waals surface area contributed by atoms with Crippen LogP contribution < -0.4 is 11.1 Å². The minimum Gasteiger partial charge on any atom is -0.328 e. The highest BCUT2D eigenvalue weighted by atomic mass is 32.1. The predicted octanol–water partition coefficient (Wildman–Crippen LogP) is 1.79. The predicted molar refractivity (Wildman–Crippen MR) is 66.2 cm³/mol. The Hall–Kier alpha value is -0.450. The van der Waals surface area contributed by atoms with Gasteiger partial charge in [-0.3, -0.25) is 0 Å². The van der Waals surface area contributed by atoms with E-state index in [0.717, 1.165) is 25.9 Å². The lowest BCUT2D eigenvalue weighted by atomic mass is 10.1. The maximum atomic E-state index is 5.67. The van der Waals surface area contributed by atoms with Crippen LogP contribution in [-0.4, -0.2) is 24.1 Å². The molecule has 0 spiro atoms. The zero-order valence-electron chi connectivity index (χ0n) is 9.41. The van der Waals surface area contributed by atoms with Crippen LogP contribution in [0.5, 0.6) is 0 Å². The normalized spacial score (nSPS) is 12.9. The van der Waals surface area contributed by atoms with Gasteiger partial charge in [-0.2, -0.15) is 0 Å². The van der Waals surface area contributed by atoms with Gasteiger partial charge in [-0.1, -0.05) is 6.42 Å². The van der Waals surface area contributed by atoms with Gasteiger partial charge < -0.3 is 11.1 Å². The molecule has 0 radical (unpaired) electrons. The van der Waals surface area contributed by atoms with E-state index in [9.17, 15) is 0 Å². The van der Waals surface area contributed by atoms with Gasteiger partial charge in [-0.15, -0.1) is 11.3 Å². The van der Waals surface area contributed by atoms with Crippen molar-refractivity contribution in [1.82, 2.24) is 10.3 Å². The highest BCUT2D eigenvalue weighted by molar-refractivity contribution is 7.09. The van der Waals surface area contributed by atoms with Crippen molar-refractivity contribution in [3.05, 3.63) is 16.6 Å². The first kappa shape index (κ1) is 12.6. The Morgan fingerprint density at radius 1 is 1.47 bits per heavy atom. The van der Waals surface area contributed by atoms with Crippen molar-refractivity contribution in [1.29, 1.82) is 0 Å². The topological polar surface area (TPSA) is 50.9 Å². The Morgan fingerprint density at radius 3 is 3.00 bits per heavy atom. The van der Waals surface area contributed by atoms with Crippen molar-refractivity contribution in [3.8, 4) is 0 Å². The average molecular weight is 227 g/mol. The molecule has 4 heteroatoms. The monoisotopic (exact) mass is 227 g/mol. The lowest BCUT2D eigenvalue weighted by molar-refractivity contribution is 0.564. The molecule has 15 heavy (non-hydrogen) atoms. The van der Waals surface area contributed by atoms with Crippen LogP contribution in [0.4, 0.5) is 0 Å². The molecule has 0 aliphatic heterocycles. The second kappa shape index (κ2) is 7.79. The van der Waals surface area contributed by atoms with Gasteiger partial charge >= 0.3 is 0 Å². The third-order valence-electron chi connectivity index (χ3n) is 2.26. The van der Waals surface area contributed by atoms with Crippen LogP contribution in [0.15, 0.2) is 11.6 Å². The summed E-state index contributed by atoms with van der Waals surface area (Å²) in [5, 5.41) is 6.67. The number of hydrogen-bond donors (Lipinski definition) is 2. The van der Waals surface area contributed by atoms with Crippen LogP contribution in [0, 0.1) is 0 Å². The van der Waals surface area contributed by atoms with Crippen LogP contribution in [0.25, 0.3) is 0 Å². The zero-order valence-corrected chi connectivity index (χ0v) is 10.2. The van der Waals surface area contributed by atoms with Crippen LogP contribution in [0.1, 0.15) is 31.2 Å². The van der Waals surface area contributed by atoms with Crippen molar-refractivity contribution in [2.75, 3.05) is 13.1 Å². The maximum absolute atomic E-state index is 5.67. The van der Waals surface area contributed by atoms with E-state index in [4.69, 9.17) is 5.73 Å². The van der Waals surface area contributed by atoms with Gasteiger partial charge in [0.25, 0.3) is 0 Å². The third-order valence-corrected chi connectivity index (χ3v) is 3.10. The summed E-state index contributed by atoms with van der Waals surface area (Å²) >= 11 is 1.73. The van der Waals surface area contributed by atoms with E-state index in [1.807, 2.05) is 11.6 Å². The Morgan fingerprint density at radius 2 is 2.33 bits per heavy atom. The van der Waals surface area contributed by atoms with E-state index in [-0.39, 0.29) is 0 Å². The molecule has 1 rings (SSSR count). The van der Waals surface area contributed by atoms with Crippen molar-refractivity contribution in [2.24, 2.45) is 5.73 Å². The number of thiazole rings is 1. The van der Waals surface area contributed by atoms with Crippen molar-refractivity contribution < 1.29 is 0 Å². The first-order chi connectivity index (χ1) is 7.29. The van der Waals surface area contributed by atoms with Crippen LogP contribution in [-0.2, 0) is 6.42 Å². The van der Waals surface area contributed by atoms with E-state index in [1.165, 1.54) is 17.8 Å². The van der Waals surface area contributed by atoms with E-state index in [1.54, 1.807) is 11.3 Å². The van der Waals surface area contributed by atoms with Gasteiger partial charge in [-0.05, 0) is 26.3 Å². The zero-order chi connectivity index (χ0) is 10.9. The number of nitrogens with one attached hydrogen (secondary N) is 1. The third kappa shape index (κ3) is 6.60. The van der Waals surface area contributed by atoms with Crippen molar-refractivity contribution in [2.45, 2.75) is 38.6 Å². The molecule has 1 aromatic heterocycles. The Balaban J connectivity index is 1.85. The largest absolute Gasteiger partial charge is 0.328 e. The first-order valence-corrected chi connectivity index (χ1v) is 6.51. The highest BCUT2D eigenvalue weighted by Gasteiger charge is 1.96. The maximum Gasteiger partial charge on any atom is 0.0937 e. The second-order valence-corrected chi connectivity index (χ2v) is 4.88. The van der Waals surface area contributed by atoms with Gasteiger partial charge in [-0.25, -0.2) is 4.98 Å². The number of aromatic nitrogens is 1. The lowest BCUT2D eigenvalue weighted by Gasteiger charge is -2.05. The molecule has 86 valence electrons. The van der Waals surface area contributed by atoms with Gasteiger partial charge in [0.2, 0.25) is 0 Å². The lowest BCUT2D eigenvalue weighted by Crippen LogP contribution is -2.19. The number of nitrogens with zero attached hydrogens (tertiary/aromatic N) is 1. The quantitative estimate of drug-likeness (QED) is 0.666. The van der Waals surface area contributed by atoms with Crippen molar-refractivity contribution >= 4 is 11.3 Å². The number of rotatable bonds is 8. The van der Waals surface area contributed by atoms with Gasteiger partial charge in [0, 0.05) is 30.6 Å². The molecular weight excluding hydrogens is 206 g/mol. The molecule has 1 heterocycles. The summed E-state index contributed by atoms with van der Waals surface area (Å²) in [6.07, 6.45) is 6.49. The molecule has 1 unspecified atom stereocenters.